The Morgan fingerprint density at radius 2 is 1.20 bits per heavy atom. The molecular weight excluding hydrogens is 568 g/mol. The van der Waals surface area contributed by atoms with Crippen molar-refractivity contribution in [3.63, 3.8) is 0 Å². The predicted molar refractivity (Wildman–Crippen MR) is 191 cm³/mol. The molecule has 0 unspecified atom stereocenters. The normalized spacial score (nSPS) is 9.30. The molecule has 6 heterocycles. The molecule has 0 atom stereocenters. The molecule has 0 amide bonds. The minimum absolute atomic E-state index is 1.07. The van der Waals surface area contributed by atoms with Crippen LogP contribution in [-0.2, 0) is 14.1 Å². The van der Waals surface area contributed by atoms with Crippen LogP contribution in [0.25, 0.3) is 0 Å². The fourth-order valence-corrected chi connectivity index (χ4v) is 3.55. The van der Waals surface area contributed by atoms with E-state index in [0.29, 0.717) is 0 Å². The molecule has 6 rings (SSSR count). The van der Waals surface area contributed by atoms with Gasteiger partial charge in [0.2, 0.25) is 0 Å². The minimum Gasteiger partial charge on any atom is -0.276 e. The molecule has 0 fully saturated rings. The summed E-state index contributed by atoms with van der Waals surface area (Å²) in [5.41, 5.74) is 11.5. The maximum absolute atomic E-state index is 4.17. The second-order valence-electron chi connectivity index (χ2n) is 11.1. The molecule has 46 heavy (non-hydrogen) atoms. The van der Waals surface area contributed by atoms with E-state index in [-0.39, 0.29) is 0 Å². The van der Waals surface area contributed by atoms with Crippen LogP contribution in [0.1, 0.15) is 56.4 Å². The molecule has 0 aliphatic carbocycles. The van der Waals surface area contributed by atoms with Crippen molar-refractivity contribution in [2.24, 2.45) is 14.1 Å². The van der Waals surface area contributed by atoms with Crippen molar-refractivity contribution in [2.45, 2.75) is 69.2 Å². The van der Waals surface area contributed by atoms with Crippen LogP contribution in [0, 0.1) is 69.2 Å². The Hall–Kier alpha value is -4.98. The van der Waals surface area contributed by atoms with Gasteiger partial charge in [0, 0.05) is 73.5 Å². The molecule has 6 aromatic heterocycles. The molecular formula is C38H52N8. The lowest BCUT2D eigenvalue weighted by Gasteiger charge is -1.92. The highest BCUT2D eigenvalue weighted by Crippen LogP contribution is 1.99. The highest BCUT2D eigenvalue weighted by Gasteiger charge is 1.86. The Balaban J connectivity index is 0.000000276. The van der Waals surface area contributed by atoms with Crippen molar-refractivity contribution in [3.05, 3.63) is 154 Å². The van der Waals surface area contributed by atoms with Crippen LogP contribution in [0.2, 0.25) is 0 Å². The van der Waals surface area contributed by atoms with E-state index in [0.717, 1.165) is 34.2 Å². The third-order valence-corrected chi connectivity index (χ3v) is 6.09. The Morgan fingerprint density at radius 1 is 0.500 bits per heavy atom. The van der Waals surface area contributed by atoms with Crippen LogP contribution in [0.4, 0.5) is 0 Å². The summed E-state index contributed by atoms with van der Waals surface area (Å²) < 4.78 is 3.57. The van der Waals surface area contributed by atoms with Crippen LogP contribution < -0.4 is 0 Å². The van der Waals surface area contributed by atoms with Crippen LogP contribution in [0.15, 0.2) is 97.8 Å². The predicted octanol–water partition coefficient (Wildman–Crippen LogP) is 8.25. The lowest BCUT2D eigenvalue weighted by atomic mass is 10.2. The van der Waals surface area contributed by atoms with Gasteiger partial charge in [-0.25, -0.2) is 0 Å². The topological polar surface area (TPSA) is 87.2 Å². The quantitative estimate of drug-likeness (QED) is 0.170. The lowest BCUT2D eigenvalue weighted by molar-refractivity contribution is 0.756. The van der Waals surface area contributed by atoms with Crippen LogP contribution in [-0.4, -0.2) is 39.5 Å². The van der Waals surface area contributed by atoms with Crippen molar-refractivity contribution in [1.82, 2.24) is 39.5 Å². The van der Waals surface area contributed by atoms with E-state index in [1.165, 1.54) is 22.3 Å². The minimum atomic E-state index is 1.07. The van der Waals surface area contributed by atoms with Crippen molar-refractivity contribution in [1.29, 1.82) is 0 Å². The van der Waals surface area contributed by atoms with Gasteiger partial charge in [0.05, 0.1) is 11.9 Å². The molecule has 0 radical (unpaired) electrons. The maximum Gasteiger partial charge on any atom is 0.0593 e. The molecule has 6 aromatic rings. The Morgan fingerprint density at radius 3 is 1.48 bits per heavy atom. The van der Waals surface area contributed by atoms with Crippen molar-refractivity contribution in [2.75, 3.05) is 0 Å². The zero-order valence-electron chi connectivity index (χ0n) is 29.8. The number of aromatic nitrogens is 8. The van der Waals surface area contributed by atoms with Gasteiger partial charge >= 0.3 is 0 Å². The van der Waals surface area contributed by atoms with Crippen molar-refractivity contribution < 1.29 is 0 Å². The molecule has 0 bridgehead atoms. The number of pyridine rings is 4. The third-order valence-electron chi connectivity index (χ3n) is 6.09. The maximum atomic E-state index is 4.17. The van der Waals surface area contributed by atoms with E-state index in [9.17, 15) is 0 Å². The average molecular weight is 621 g/mol. The molecule has 0 aromatic carbocycles. The Bertz CT molecular complexity index is 1480. The number of hydrogen-bond acceptors (Lipinski definition) is 6. The van der Waals surface area contributed by atoms with Gasteiger partial charge in [0.1, 0.15) is 0 Å². The highest BCUT2D eigenvalue weighted by molar-refractivity contribution is 5.15. The summed E-state index contributed by atoms with van der Waals surface area (Å²) in [5, 5.41) is 7.96. The van der Waals surface area contributed by atoms with Gasteiger partial charge in [-0.15, -0.1) is 0 Å². The van der Waals surface area contributed by atoms with E-state index in [1.54, 1.807) is 9.36 Å². The van der Waals surface area contributed by atoms with E-state index in [1.807, 2.05) is 149 Å². The number of nitrogens with zero attached hydrogens (tertiary/aromatic N) is 8. The summed E-state index contributed by atoms with van der Waals surface area (Å²) in [6.07, 6.45) is 11.2. The van der Waals surface area contributed by atoms with E-state index in [2.05, 4.69) is 62.2 Å². The standard InChI is InChI=1S/4C7H9N.2C5H8N2/c1-6-3-4-8-7(2)5-6;1-6-3-4-7(2)8-5-6;1-6-4-3-5-8-7(6)2;1-6-4-3-5-7(2)8-6;1-5-3-6-7(2)4-5;1-5-3-4-7(2)6-5/h4*3-5H,1-2H3;2*3-4H,1-2H3. The summed E-state index contributed by atoms with van der Waals surface area (Å²) in [7, 11) is 3.82. The Kier molecular flexibility index (Phi) is 18.4. The first kappa shape index (κ1) is 39.0. The zero-order valence-corrected chi connectivity index (χ0v) is 29.8. The average Bonchev–Trinajstić information content (AvgIpc) is 3.58. The number of rotatable bonds is 0. The first-order chi connectivity index (χ1) is 21.7. The van der Waals surface area contributed by atoms with Crippen LogP contribution in [0.5, 0.6) is 0 Å². The van der Waals surface area contributed by atoms with Gasteiger partial charge in [-0.05, 0) is 134 Å². The molecule has 0 aliphatic rings. The fraction of sp³-hybridized carbons (Fsp3) is 0.316. The summed E-state index contributed by atoms with van der Waals surface area (Å²) in [6.45, 7) is 20.1. The van der Waals surface area contributed by atoms with E-state index < -0.39 is 0 Å². The van der Waals surface area contributed by atoms with Gasteiger partial charge in [0.25, 0.3) is 0 Å². The summed E-state index contributed by atoms with van der Waals surface area (Å²) >= 11 is 0. The second-order valence-corrected chi connectivity index (χ2v) is 11.1. The third kappa shape index (κ3) is 19.3. The monoisotopic (exact) mass is 620 g/mol. The lowest BCUT2D eigenvalue weighted by Crippen LogP contribution is -1.86. The highest BCUT2D eigenvalue weighted by atomic mass is 15.2. The SMILES string of the molecule is Cc1ccc(C)nc1.Cc1cccc(C)n1.Cc1cccnc1C.Cc1ccn(C)n1.Cc1ccnc(C)c1.Cc1cnn(C)c1. The van der Waals surface area contributed by atoms with Gasteiger partial charge in [-0.1, -0.05) is 18.2 Å². The number of aryl methyl sites for hydroxylation is 12. The summed E-state index contributed by atoms with van der Waals surface area (Å²) in [6, 6.07) is 20.1. The van der Waals surface area contributed by atoms with Gasteiger partial charge in [0.15, 0.2) is 0 Å². The van der Waals surface area contributed by atoms with Gasteiger partial charge in [-0.3, -0.25) is 29.3 Å². The molecule has 8 heteroatoms. The largest absolute Gasteiger partial charge is 0.276 e. The molecule has 0 saturated heterocycles. The van der Waals surface area contributed by atoms with Gasteiger partial charge < -0.3 is 0 Å². The van der Waals surface area contributed by atoms with Crippen molar-refractivity contribution in [3.8, 4) is 0 Å². The fourth-order valence-electron chi connectivity index (χ4n) is 3.55. The molecule has 8 nitrogen and oxygen atoms in total. The second kappa shape index (κ2) is 21.7. The summed E-state index contributed by atoms with van der Waals surface area (Å²) in [4.78, 5) is 16.4. The zero-order chi connectivity index (χ0) is 34.5. The molecule has 0 aliphatic heterocycles. The first-order valence-corrected chi connectivity index (χ1v) is 15.2. The van der Waals surface area contributed by atoms with E-state index >= 15 is 0 Å². The first-order valence-electron chi connectivity index (χ1n) is 15.2. The van der Waals surface area contributed by atoms with E-state index in [4.69, 9.17) is 0 Å². The molecule has 244 valence electrons. The summed E-state index contributed by atoms with van der Waals surface area (Å²) in [5.74, 6) is 0. The smallest absolute Gasteiger partial charge is 0.0593 e. The Labute approximate surface area is 276 Å². The van der Waals surface area contributed by atoms with Crippen LogP contribution >= 0.6 is 0 Å². The van der Waals surface area contributed by atoms with Crippen LogP contribution in [0.3, 0.4) is 0 Å². The van der Waals surface area contributed by atoms with Crippen molar-refractivity contribution >= 4 is 0 Å². The molecule has 0 N–H and O–H groups in total. The molecule has 0 saturated carbocycles. The van der Waals surface area contributed by atoms with Gasteiger partial charge in [-0.2, -0.15) is 10.2 Å². The molecule has 0 spiro atoms. The number of hydrogen-bond donors (Lipinski definition) is 0.